The van der Waals surface area contributed by atoms with Gasteiger partial charge in [0, 0.05) is 42.8 Å². The summed E-state index contributed by atoms with van der Waals surface area (Å²) in [6.07, 6.45) is 4.86. The number of carbonyl (C=O) groups excluding carboxylic acids is 1. The van der Waals surface area contributed by atoms with Gasteiger partial charge in [-0.05, 0) is 42.5 Å². The summed E-state index contributed by atoms with van der Waals surface area (Å²) >= 11 is 0. The van der Waals surface area contributed by atoms with Gasteiger partial charge in [0.05, 0.1) is 23.1 Å². The molecule has 2 aromatic carbocycles. The van der Waals surface area contributed by atoms with E-state index in [0.29, 0.717) is 24.6 Å². The molecule has 0 radical (unpaired) electrons. The SMILES string of the molecule is CNc1ccc(-c2nccc(Nc3ccc4[nH]ncc4c3)n2)cc1NCCC=O. The maximum atomic E-state index is 10.6. The number of carbonyl (C=O) groups is 1. The third kappa shape index (κ3) is 4.16. The number of hydrogen-bond donors (Lipinski definition) is 4. The maximum Gasteiger partial charge on any atom is 0.161 e. The number of rotatable bonds is 8. The fourth-order valence-electron chi connectivity index (χ4n) is 3.05. The molecule has 8 heteroatoms. The molecule has 0 spiro atoms. The molecule has 2 heterocycles. The number of nitrogens with zero attached hydrogens (tertiary/aromatic N) is 3. The fraction of sp³-hybridized carbons (Fsp3) is 0.143. The zero-order valence-corrected chi connectivity index (χ0v) is 15.9. The lowest BCUT2D eigenvalue weighted by Crippen LogP contribution is -2.05. The molecule has 2 aromatic heterocycles. The summed E-state index contributed by atoms with van der Waals surface area (Å²) in [5, 5.41) is 17.7. The Balaban J connectivity index is 1.59. The van der Waals surface area contributed by atoms with Crippen molar-refractivity contribution in [3.8, 4) is 11.4 Å². The van der Waals surface area contributed by atoms with Crippen molar-refractivity contribution in [2.24, 2.45) is 0 Å². The Kier molecular flexibility index (Phi) is 5.33. The summed E-state index contributed by atoms with van der Waals surface area (Å²) in [5.41, 5.74) is 4.64. The molecule has 0 aliphatic rings. The molecule has 146 valence electrons. The quantitative estimate of drug-likeness (QED) is 0.269. The van der Waals surface area contributed by atoms with E-state index in [1.807, 2.05) is 49.5 Å². The molecule has 4 N–H and O–H groups in total. The van der Waals surface area contributed by atoms with E-state index in [0.717, 1.165) is 39.8 Å². The summed E-state index contributed by atoms with van der Waals surface area (Å²) < 4.78 is 0. The zero-order chi connectivity index (χ0) is 20.1. The van der Waals surface area contributed by atoms with E-state index in [2.05, 4.69) is 36.1 Å². The van der Waals surface area contributed by atoms with Crippen molar-refractivity contribution in [1.29, 1.82) is 0 Å². The summed E-state index contributed by atoms with van der Waals surface area (Å²) in [5.74, 6) is 1.31. The van der Waals surface area contributed by atoms with Crippen LogP contribution in [0.15, 0.2) is 54.9 Å². The van der Waals surface area contributed by atoms with Gasteiger partial charge in [0.15, 0.2) is 5.82 Å². The highest BCUT2D eigenvalue weighted by Gasteiger charge is 2.08. The second kappa shape index (κ2) is 8.39. The summed E-state index contributed by atoms with van der Waals surface area (Å²) in [7, 11) is 1.86. The van der Waals surface area contributed by atoms with Gasteiger partial charge < -0.3 is 20.7 Å². The van der Waals surface area contributed by atoms with Crippen molar-refractivity contribution >= 4 is 40.1 Å². The fourth-order valence-corrected chi connectivity index (χ4v) is 3.05. The molecule has 8 nitrogen and oxygen atoms in total. The molecule has 0 bridgehead atoms. The molecule has 0 saturated carbocycles. The van der Waals surface area contributed by atoms with E-state index >= 15 is 0 Å². The van der Waals surface area contributed by atoms with Crippen LogP contribution in [0, 0.1) is 0 Å². The molecule has 4 aromatic rings. The Labute approximate surface area is 167 Å². The van der Waals surface area contributed by atoms with Gasteiger partial charge in [0.1, 0.15) is 12.1 Å². The highest BCUT2D eigenvalue weighted by molar-refractivity contribution is 5.83. The molecule has 4 rings (SSSR count). The Morgan fingerprint density at radius 2 is 2.03 bits per heavy atom. The van der Waals surface area contributed by atoms with Crippen molar-refractivity contribution in [3.05, 3.63) is 54.9 Å². The second-order valence-electron chi connectivity index (χ2n) is 6.46. The van der Waals surface area contributed by atoms with E-state index < -0.39 is 0 Å². The molecule has 0 fully saturated rings. The molecule has 29 heavy (non-hydrogen) atoms. The van der Waals surface area contributed by atoms with Gasteiger partial charge in [-0.1, -0.05) is 0 Å². The minimum Gasteiger partial charge on any atom is -0.386 e. The molecular weight excluding hydrogens is 366 g/mol. The van der Waals surface area contributed by atoms with Crippen LogP contribution < -0.4 is 16.0 Å². The lowest BCUT2D eigenvalue weighted by Gasteiger charge is -2.13. The highest BCUT2D eigenvalue weighted by atomic mass is 16.1. The van der Waals surface area contributed by atoms with Gasteiger partial charge in [-0.15, -0.1) is 0 Å². The van der Waals surface area contributed by atoms with Crippen molar-refractivity contribution in [2.45, 2.75) is 6.42 Å². The van der Waals surface area contributed by atoms with E-state index in [4.69, 9.17) is 0 Å². The number of aromatic nitrogens is 4. The van der Waals surface area contributed by atoms with Crippen LogP contribution in [0.3, 0.4) is 0 Å². The van der Waals surface area contributed by atoms with Gasteiger partial charge >= 0.3 is 0 Å². The topological polar surface area (TPSA) is 108 Å². The number of fused-ring (bicyclic) bond motifs is 1. The van der Waals surface area contributed by atoms with Crippen molar-refractivity contribution < 1.29 is 4.79 Å². The Morgan fingerprint density at radius 1 is 1.10 bits per heavy atom. The van der Waals surface area contributed by atoms with Crippen LogP contribution in [0.25, 0.3) is 22.3 Å². The first-order valence-corrected chi connectivity index (χ1v) is 9.30. The third-order valence-corrected chi connectivity index (χ3v) is 4.49. The normalized spacial score (nSPS) is 10.7. The number of hydrogen-bond acceptors (Lipinski definition) is 7. The standard InChI is InChI=1S/C21H21N7O/c1-22-18-5-3-14(12-19(18)23-8-2-10-29)21-24-9-7-20(27-21)26-16-4-6-17-15(11-16)13-25-28-17/h3-7,9-13,22-23H,2,8H2,1H3,(H,25,28)(H,24,26,27). The maximum absolute atomic E-state index is 10.6. The highest BCUT2D eigenvalue weighted by Crippen LogP contribution is 2.28. The lowest BCUT2D eigenvalue weighted by atomic mass is 10.1. The molecule has 0 aliphatic heterocycles. The summed E-state index contributed by atoms with van der Waals surface area (Å²) in [6, 6.07) is 13.7. The van der Waals surface area contributed by atoms with Crippen LogP contribution in [0.1, 0.15) is 6.42 Å². The van der Waals surface area contributed by atoms with Crippen molar-refractivity contribution in [2.75, 3.05) is 29.5 Å². The molecule has 0 saturated heterocycles. The van der Waals surface area contributed by atoms with E-state index in [-0.39, 0.29) is 0 Å². The number of nitrogens with one attached hydrogen (secondary N) is 4. The number of aromatic amines is 1. The van der Waals surface area contributed by atoms with Crippen LogP contribution in [0.5, 0.6) is 0 Å². The van der Waals surface area contributed by atoms with Gasteiger partial charge in [-0.2, -0.15) is 5.10 Å². The number of aldehydes is 1. The zero-order valence-electron chi connectivity index (χ0n) is 15.9. The smallest absolute Gasteiger partial charge is 0.161 e. The average Bonchev–Trinajstić information content (AvgIpc) is 3.22. The first kappa shape index (κ1) is 18.4. The van der Waals surface area contributed by atoms with E-state index in [9.17, 15) is 4.79 Å². The second-order valence-corrected chi connectivity index (χ2v) is 6.46. The Bertz CT molecular complexity index is 1140. The molecule has 0 aliphatic carbocycles. The first-order valence-electron chi connectivity index (χ1n) is 9.30. The van der Waals surface area contributed by atoms with Crippen LogP contribution in [0.4, 0.5) is 22.9 Å². The van der Waals surface area contributed by atoms with Crippen LogP contribution in [-0.2, 0) is 4.79 Å². The van der Waals surface area contributed by atoms with Crippen LogP contribution in [0.2, 0.25) is 0 Å². The molecule has 0 amide bonds. The predicted octanol–water partition coefficient (Wildman–Crippen LogP) is 3.81. The largest absolute Gasteiger partial charge is 0.386 e. The van der Waals surface area contributed by atoms with Crippen molar-refractivity contribution in [3.63, 3.8) is 0 Å². The third-order valence-electron chi connectivity index (χ3n) is 4.49. The minimum atomic E-state index is 0.449. The molecule has 0 atom stereocenters. The van der Waals surface area contributed by atoms with Gasteiger partial charge in [-0.25, -0.2) is 9.97 Å². The summed E-state index contributed by atoms with van der Waals surface area (Å²) in [4.78, 5) is 19.7. The Hall–Kier alpha value is -3.94. The van der Waals surface area contributed by atoms with Gasteiger partial charge in [0.25, 0.3) is 0 Å². The number of H-pyrrole nitrogens is 1. The average molecular weight is 387 g/mol. The number of anilines is 4. The summed E-state index contributed by atoms with van der Waals surface area (Å²) in [6.45, 7) is 0.570. The van der Waals surface area contributed by atoms with Crippen molar-refractivity contribution in [1.82, 2.24) is 20.2 Å². The van der Waals surface area contributed by atoms with E-state index in [1.165, 1.54) is 0 Å². The van der Waals surface area contributed by atoms with E-state index in [1.54, 1.807) is 12.4 Å². The Morgan fingerprint density at radius 3 is 2.90 bits per heavy atom. The minimum absolute atomic E-state index is 0.449. The molecular formula is C21H21N7O. The number of benzene rings is 2. The van der Waals surface area contributed by atoms with Gasteiger partial charge in [0.2, 0.25) is 0 Å². The monoisotopic (exact) mass is 387 g/mol. The lowest BCUT2D eigenvalue weighted by molar-refractivity contribution is -0.107. The van der Waals surface area contributed by atoms with Gasteiger partial charge in [-0.3, -0.25) is 5.10 Å². The predicted molar refractivity (Wildman–Crippen MR) is 116 cm³/mol. The first-order chi connectivity index (χ1) is 14.3. The van der Waals surface area contributed by atoms with Crippen LogP contribution in [-0.4, -0.2) is 40.0 Å². The van der Waals surface area contributed by atoms with Crippen LogP contribution >= 0.6 is 0 Å². The molecule has 0 unspecified atom stereocenters.